The summed E-state index contributed by atoms with van der Waals surface area (Å²) in [5, 5.41) is 14.0. The van der Waals surface area contributed by atoms with Gasteiger partial charge in [0, 0.05) is 21.8 Å². The van der Waals surface area contributed by atoms with Crippen molar-refractivity contribution in [3.8, 4) is 11.3 Å². The maximum atomic E-state index is 11.6. The van der Waals surface area contributed by atoms with Crippen LogP contribution < -0.4 is 0 Å². The monoisotopic (exact) mass is 314 g/mol. The molecule has 4 nitrogen and oxygen atoms in total. The first-order valence-corrected chi connectivity index (χ1v) is 8.81. The number of hydrogen-bond donors (Lipinski definition) is 1. The summed E-state index contributed by atoms with van der Waals surface area (Å²) in [6.07, 6.45) is 5.89. The third-order valence-electron chi connectivity index (χ3n) is 4.65. The number of hydrogen-bond acceptors (Lipinski definition) is 3. The fraction of sp³-hybridized carbons (Fsp3) is 0.412. The lowest BCUT2D eigenvalue weighted by molar-refractivity contribution is 0.0688. The second-order valence-corrected chi connectivity index (χ2v) is 7.02. The number of benzene rings is 1. The van der Waals surface area contributed by atoms with Gasteiger partial charge in [-0.1, -0.05) is 37.5 Å². The molecule has 2 aromatic rings. The van der Waals surface area contributed by atoms with E-state index in [1.165, 1.54) is 24.2 Å². The summed E-state index contributed by atoms with van der Waals surface area (Å²) < 4.78 is 2.02. The third-order valence-corrected chi connectivity index (χ3v) is 5.75. The van der Waals surface area contributed by atoms with Crippen LogP contribution in [0.25, 0.3) is 11.3 Å². The quantitative estimate of drug-likeness (QED) is 0.895. The molecule has 5 heteroatoms. The van der Waals surface area contributed by atoms with Crippen LogP contribution in [0.15, 0.2) is 29.2 Å². The Bertz CT molecular complexity index is 732. The number of fused-ring (bicyclic) bond motifs is 3. The molecule has 1 aliphatic heterocycles. The van der Waals surface area contributed by atoms with Crippen LogP contribution >= 0.6 is 11.8 Å². The van der Waals surface area contributed by atoms with Crippen LogP contribution in [-0.4, -0.2) is 20.9 Å². The number of carbonyl (C=O) groups is 1. The van der Waals surface area contributed by atoms with Crippen LogP contribution in [0, 0.1) is 0 Å². The van der Waals surface area contributed by atoms with E-state index in [4.69, 9.17) is 0 Å². The maximum absolute atomic E-state index is 11.6. The highest BCUT2D eigenvalue weighted by molar-refractivity contribution is 7.98. The van der Waals surface area contributed by atoms with Gasteiger partial charge in [0.1, 0.15) is 0 Å². The van der Waals surface area contributed by atoms with Crippen molar-refractivity contribution in [1.82, 2.24) is 9.78 Å². The fourth-order valence-electron chi connectivity index (χ4n) is 3.59. The maximum Gasteiger partial charge on any atom is 0.356 e. The predicted molar refractivity (Wildman–Crippen MR) is 86.3 cm³/mol. The molecule has 0 saturated heterocycles. The Hall–Kier alpha value is -1.75. The highest BCUT2D eigenvalue weighted by Crippen LogP contribution is 2.44. The minimum Gasteiger partial charge on any atom is -0.476 e. The van der Waals surface area contributed by atoms with Crippen molar-refractivity contribution in [3.63, 3.8) is 0 Å². The van der Waals surface area contributed by atoms with Crippen molar-refractivity contribution < 1.29 is 9.90 Å². The van der Waals surface area contributed by atoms with Crippen molar-refractivity contribution in [3.05, 3.63) is 35.5 Å². The zero-order chi connectivity index (χ0) is 15.1. The topological polar surface area (TPSA) is 55.1 Å². The molecule has 22 heavy (non-hydrogen) atoms. The van der Waals surface area contributed by atoms with Crippen LogP contribution in [0.1, 0.15) is 54.2 Å². The molecular formula is C17H18N2O2S. The lowest BCUT2D eigenvalue weighted by Crippen LogP contribution is -2.16. The molecule has 0 unspecified atom stereocenters. The summed E-state index contributed by atoms with van der Waals surface area (Å²) in [5.74, 6) is -0.216. The van der Waals surface area contributed by atoms with Crippen LogP contribution in [0.4, 0.5) is 0 Å². The van der Waals surface area contributed by atoms with Gasteiger partial charge >= 0.3 is 5.97 Å². The highest BCUT2D eigenvalue weighted by atomic mass is 32.2. The molecule has 0 amide bonds. The zero-order valence-electron chi connectivity index (χ0n) is 12.3. The van der Waals surface area contributed by atoms with E-state index in [-0.39, 0.29) is 5.69 Å². The number of carboxylic acid groups (broad SMARTS) is 1. The first-order chi connectivity index (χ1) is 10.8. The largest absolute Gasteiger partial charge is 0.476 e. The second-order valence-electron chi connectivity index (χ2n) is 6.00. The number of aromatic nitrogens is 2. The first kappa shape index (κ1) is 13.9. The Morgan fingerprint density at radius 2 is 2.00 bits per heavy atom. The summed E-state index contributed by atoms with van der Waals surface area (Å²) in [6.45, 7) is 0. The van der Waals surface area contributed by atoms with Crippen LogP contribution in [0.3, 0.4) is 0 Å². The lowest BCUT2D eigenvalue weighted by Gasteiger charge is -2.26. The van der Waals surface area contributed by atoms with Crippen molar-refractivity contribution in [2.24, 2.45) is 0 Å². The molecule has 0 spiro atoms. The van der Waals surface area contributed by atoms with E-state index in [1.807, 2.05) is 16.8 Å². The molecule has 1 fully saturated rings. The number of aromatic carboxylic acids is 1. The minimum atomic E-state index is -0.911. The fourth-order valence-corrected chi connectivity index (χ4v) is 4.66. The van der Waals surface area contributed by atoms with E-state index >= 15 is 0 Å². The summed E-state index contributed by atoms with van der Waals surface area (Å²) in [4.78, 5) is 12.8. The zero-order valence-corrected chi connectivity index (χ0v) is 13.1. The van der Waals surface area contributed by atoms with E-state index in [9.17, 15) is 9.90 Å². The summed E-state index contributed by atoms with van der Waals surface area (Å²) in [6, 6.07) is 8.60. The van der Waals surface area contributed by atoms with Gasteiger partial charge in [-0.05, 0) is 18.9 Å². The van der Waals surface area contributed by atoms with Crippen LogP contribution in [0.2, 0.25) is 0 Å². The van der Waals surface area contributed by atoms with E-state index in [0.717, 1.165) is 29.7 Å². The molecule has 1 N–H and O–H groups in total. The van der Waals surface area contributed by atoms with Gasteiger partial charge < -0.3 is 5.11 Å². The number of nitrogens with zero attached hydrogens (tertiary/aromatic N) is 2. The molecule has 1 saturated carbocycles. The minimum absolute atomic E-state index is 0.238. The molecule has 4 rings (SSSR count). The molecule has 1 aromatic heterocycles. The van der Waals surface area contributed by atoms with Crippen LogP contribution in [-0.2, 0) is 5.75 Å². The smallest absolute Gasteiger partial charge is 0.356 e. The molecule has 0 atom stereocenters. The SMILES string of the molecule is O=C(O)c1nn(C2CCCCC2)c2c1CSc1ccccc1-2. The van der Waals surface area contributed by atoms with E-state index in [0.29, 0.717) is 11.8 Å². The van der Waals surface area contributed by atoms with Crippen molar-refractivity contribution >= 4 is 17.7 Å². The normalized spacial score (nSPS) is 17.8. The number of carboxylic acids is 1. The Labute approximate surface area is 133 Å². The molecule has 1 aliphatic carbocycles. The van der Waals surface area contributed by atoms with Gasteiger partial charge in [-0.25, -0.2) is 4.79 Å². The Balaban J connectivity index is 1.91. The Kier molecular flexibility index (Phi) is 3.45. The Morgan fingerprint density at radius 1 is 1.23 bits per heavy atom. The standard InChI is InChI=1S/C17H18N2O2S/c20-17(21)15-13-10-22-14-9-5-4-8-12(14)16(13)19(18-15)11-6-2-1-3-7-11/h4-5,8-9,11H,1-3,6-7,10H2,(H,20,21). The van der Waals surface area contributed by atoms with E-state index in [2.05, 4.69) is 17.2 Å². The average molecular weight is 314 g/mol. The molecular weight excluding hydrogens is 296 g/mol. The van der Waals surface area contributed by atoms with Crippen LogP contribution in [0.5, 0.6) is 0 Å². The highest BCUT2D eigenvalue weighted by Gasteiger charge is 2.31. The molecule has 0 radical (unpaired) electrons. The first-order valence-electron chi connectivity index (χ1n) is 7.82. The van der Waals surface area contributed by atoms with Crippen molar-refractivity contribution in [2.45, 2.75) is 48.8 Å². The van der Waals surface area contributed by atoms with E-state index in [1.54, 1.807) is 11.8 Å². The van der Waals surface area contributed by atoms with Gasteiger partial charge in [-0.2, -0.15) is 5.10 Å². The summed E-state index contributed by atoms with van der Waals surface area (Å²) in [5.41, 5.74) is 3.31. The summed E-state index contributed by atoms with van der Waals surface area (Å²) in [7, 11) is 0. The van der Waals surface area contributed by atoms with Gasteiger partial charge in [0.25, 0.3) is 0 Å². The summed E-state index contributed by atoms with van der Waals surface area (Å²) >= 11 is 1.71. The van der Waals surface area contributed by atoms with Crippen molar-refractivity contribution in [2.75, 3.05) is 0 Å². The average Bonchev–Trinajstić information content (AvgIpc) is 2.96. The molecule has 2 aliphatic rings. The second kappa shape index (κ2) is 5.47. The van der Waals surface area contributed by atoms with E-state index < -0.39 is 5.97 Å². The molecule has 114 valence electrons. The number of rotatable bonds is 2. The number of thioether (sulfide) groups is 1. The lowest BCUT2D eigenvalue weighted by atomic mass is 9.95. The van der Waals surface area contributed by atoms with Gasteiger partial charge in [-0.15, -0.1) is 11.8 Å². The van der Waals surface area contributed by atoms with Crippen molar-refractivity contribution in [1.29, 1.82) is 0 Å². The Morgan fingerprint density at radius 3 is 2.77 bits per heavy atom. The van der Waals surface area contributed by atoms with Gasteiger partial charge in [0.15, 0.2) is 5.69 Å². The predicted octanol–water partition coefficient (Wildman–Crippen LogP) is 4.36. The molecule has 0 bridgehead atoms. The molecule has 1 aromatic carbocycles. The van der Waals surface area contributed by atoms with Gasteiger partial charge in [-0.3, -0.25) is 4.68 Å². The van der Waals surface area contributed by atoms with Gasteiger partial charge in [0.2, 0.25) is 0 Å². The van der Waals surface area contributed by atoms with Gasteiger partial charge in [0.05, 0.1) is 11.7 Å². The third kappa shape index (κ3) is 2.15. The molecule has 2 heterocycles.